The number of piperazine rings is 1. The van der Waals surface area contributed by atoms with Crippen LogP contribution in [-0.4, -0.2) is 64.4 Å². The molecule has 8 nitrogen and oxygen atoms in total. The van der Waals surface area contributed by atoms with E-state index < -0.39 is 0 Å². The number of benzene rings is 1. The van der Waals surface area contributed by atoms with Crippen molar-refractivity contribution < 1.29 is 18.7 Å². The fourth-order valence-electron chi connectivity index (χ4n) is 3.35. The Kier molecular flexibility index (Phi) is 5.76. The number of halogens is 1. The lowest BCUT2D eigenvalue weighted by atomic mass is 10.2. The van der Waals surface area contributed by atoms with Crippen LogP contribution in [0.5, 0.6) is 0 Å². The molecule has 0 radical (unpaired) electrons. The number of ether oxygens (including phenoxy) is 1. The Hall–Kier alpha value is -3.26. The Morgan fingerprint density at radius 2 is 1.87 bits per heavy atom. The second-order valence-electron chi connectivity index (χ2n) is 6.76. The second-order valence-corrected chi connectivity index (χ2v) is 7.20. The highest BCUT2D eigenvalue weighted by Crippen LogP contribution is 2.24. The van der Waals surface area contributed by atoms with Crippen molar-refractivity contribution in [2.75, 3.05) is 32.8 Å². The Morgan fingerprint density at radius 3 is 2.53 bits per heavy atom. The minimum absolute atomic E-state index is 0.177. The molecule has 1 aliphatic rings. The Morgan fingerprint density at radius 1 is 1.10 bits per heavy atom. The molecule has 0 aliphatic carbocycles. The first-order chi connectivity index (χ1) is 14.6. The van der Waals surface area contributed by atoms with Crippen LogP contribution in [0.2, 0.25) is 5.02 Å². The van der Waals surface area contributed by atoms with Crippen LogP contribution in [0.4, 0.5) is 4.79 Å². The lowest BCUT2D eigenvalue weighted by molar-refractivity contribution is 0.0563. The van der Waals surface area contributed by atoms with E-state index in [1.165, 1.54) is 0 Å². The smallest absolute Gasteiger partial charge is 0.409 e. The van der Waals surface area contributed by atoms with Crippen LogP contribution in [0.25, 0.3) is 17.1 Å². The van der Waals surface area contributed by atoms with E-state index in [0.29, 0.717) is 60.6 Å². The third-order valence-corrected chi connectivity index (χ3v) is 5.08. The molecule has 2 aromatic heterocycles. The van der Waals surface area contributed by atoms with Gasteiger partial charge in [-0.2, -0.15) is 5.10 Å². The van der Waals surface area contributed by atoms with Gasteiger partial charge in [-0.1, -0.05) is 17.7 Å². The number of aromatic nitrogens is 2. The lowest BCUT2D eigenvalue weighted by Crippen LogP contribution is -2.51. The van der Waals surface area contributed by atoms with Crippen LogP contribution in [-0.2, 0) is 4.74 Å². The van der Waals surface area contributed by atoms with Gasteiger partial charge >= 0.3 is 6.09 Å². The highest BCUT2D eigenvalue weighted by atomic mass is 35.5. The van der Waals surface area contributed by atoms with Crippen molar-refractivity contribution in [1.29, 1.82) is 0 Å². The highest BCUT2D eigenvalue weighted by Gasteiger charge is 2.28. The summed E-state index contributed by atoms with van der Waals surface area (Å²) in [5.41, 5.74) is 1.62. The predicted molar refractivity (Wildman–Crippen MR) is 111 cm³/mol. The van der Waals surface area contributed by atoms with E-state index >= 15 is 0 Å². The number of hydrogen-bond acceptors (Lipinski definition) is 5. The molecule has 1 saturated heterocycles. The highest BCUT2D eigenvalue weighted by molar-refractivity contribution is 6.30. The van der Waals surface area contributed by atoms with Gasteiger partial charge in [0.25, 0.3) is 5.91 Å². The van der Waals surface area contributed by atoms with Crippen LogP contribution >= 0.6 is 11.6 Å². The minimum atomic E-state index is -0.353. The van der Waals surface area contributed by atoms with E-state index in [-0.39, 0.29) is 12.0 Å². The number of nitrogens with zero attached hydrogens (tertiary/aromatic N) is 4. The normalized spacial score (nSPS) is 14.1. The Bertz CT molecular complexity index is 1040. The minimum Gasteiger partial charge on any atom is -0.463 e. The first kappa shape index (κ1) is 20.0. The maximum Gasteiger partial charge on any atom is 0.409 e. The van der Waals surface area contributed by atoms with Gasteiger partial charge in [0.2, 0.25) is 0 Å². The summed E-state index contributed by atoms with van der Waals surface area (Å²) in [6, 6.07) is 12.4. The first-order valence-corrected chi connectivity index (χ1v) is 10.1. The molecule has 1 aromatic carbocycles. The molecule has 0 spiro atoms. The standard InChI is InChI=1S/C21H21ClN4O4/c1-2-29-21(28)25-10-8-24(9-11-25)20(27)18-14-17(19-7-4-12-30-19)23-26(18)16-6-3-5-15(22)13-16/h3-7,12-14H,2,8-11H2,1H3. The largest absolute Gasteiger partial charge is 0.463 e. The molecule has 0 saturated carbocycles. The molecule has 4 rings (SSSR count). The van der Waals surface area contributed by atoms with Crippen molar-refractivity contribution in [3.8, 4) is 17.1 Å². The monoisotopic (exact) mass is 428 g/mol. The Labute approximate surface area is 178 Å². The van der Waals surface area contributed by atoms with Gasteiger partial charge in [-0.15, -0.1) is 0 Å². The van der Waals surface area contributed by atoms with E-state index in [1.54, 1.807) is 64.1 Å². The van der Waals surface area contributed by atoms with Crippen molar-refractivity contribution in [3.05, 3.63) is 59.4 Å². The summed E-state index contributed by atoms with van der Waals surface area (Å²) in [4.78, 5) is 28.6. The van der Waals surface area contributed by atoms with Gasteiger partial charge in [-0.25, -0.2) is 9.48 Å². The number of amides is 2. The van der Waals surface area contributed by atoms with Gasteiger partial charge in [-0.3, -0.25) is 4.79 Å². The first-order valence-electron chi connectivity index (χ1n) is 9.67. The zero-order valence-corrected chi connectivity index (χ0v) is 17.2. The molecule has 3 aromatic rings. The second kappa shape index (κ2) is 8.62. The molecule has 1 fully saturated rings. The van der Waals surface area contributed by atoms with Crippen molar-refractivity contribution in [1.82, 2.24) is 19.6 Å². The average Bonchev–Trinajstić information content (AvgIpc) is 3.43. The fourth-order valence-corrected chi connectivity index (χ4v) is 3.54. The molecule has 1 aliphatic heterocycles. The van der Waals surface area contributed by atoms with Gasteiger partial charge in [0.05, 0.1) is 18.6 Å². The summed E-state index contributed by atoms with van der Waals surface area (Å²) in [6.45, 7) is 3.75. The zero-order chi connectivity index (χ0) is 21.1. The average molecular weight is 429 g/mol. The van der Waals surface area contributed by atoms with Crippen molar-refractivity contribution in [2.24, 2.45) is 0 Å². The molecule has 156 valence electrons. The van der Waals surface area contributed by atoms with E-state index in [0.717, 1.165) is 0 Å². The molecule has 2 amide bonds. The molecule has 9 heteroatoms. The van der Waals surface area contributed by atoms with Gasteiger partial charge in [-0.05, 0) is 37.3 Å². The number of hydrogen-bond donors (Lipinski definition) is 0. The van der Waals surface area contributed by atoms with Crippen LogP contribution in [0.3, 0.4) is 0 Å². The van der Waals surface area contributed by atoms with E-state index in [2.05, 4.69) is 5.10 Å². The predicted octanol–water partition coefficient (Wildman–Crippen LogP) is 3.70. The summed E-state index contributed by atoms with van der Waals surface area (Å²) in [5.74, 6) is 0.390. The van der Waals surface area contributed by atoms with Crippen LogP contribution in [0, 0.1) is 0 Å². The topological polar surface area (TPSA) is 80.8 Å². The molecular weight excluding hydrogens is 408 g/mol. The summed E-state index contributed by atoms with van der Waals surface area (Å²) in [6.07, 6.45) is 1.21. The molecule has 0 N–H and O–H groups in total. The fraction of sp³-hybridized carbons (Fsp3) is 0.286. The van der Waals surface area contributed by atoms with E-state index in [4.69, 9.17) is 20.8 Å². The van der Waals surface area contributed by atoms with Crippen molar-refractivity contribution in [3.63, 3.8) is 0 Å². The van der Waals surface area contributed by atoms with Gasteiger partial charge < -0.3 is 19.0 Å². The lowest BCUT2D eigenvalue weighted by Gasteiger charge is -2.34. The molecule has 3 heterocycles. The van der Waals surface area contributed by atoms with Crippen LogP contribution in [0.15, 0.2) is 53.1 Å². The third-order valence-electron chi connectivity index (χ3n) is 4.85. The SMILES string of the molecule is CCOC(=O)N1CCN(C(=O)c2cc(-c3ccco3)nn2-c2cccc(Cl)c2)CC1. The molecule has 0 atom stereocenters. The molecule has 0 unspecified atom stereocenters. The summed E-state index contributed by atoms with van der Waals surface area (Å²) < 4.78 is 12.1. The molecule has 0 bridgehead atoms. The van der Waals surface area contributed by atoms with E-state index in [1.807, 2.05) is 6.07 Å². The molecular formula is C21H21ClN4O4. The zero-order valence-electron chi connectivity index (χ0n) is 16.5. The summed E-state index contributed by atoms with van der Waals surface area (Å²) in [5, 5.41) is 5.13. The van der Waals surface area contributed by atoms with Crippen LogP contribution < -0.4 is 0 Å². The number of rotatable bonds is 4. The molecule has 30 heavy (non-hydrogen) atoms. The Balaban J connectivity index is 1.61. The van der Waals surface area contributed by atoms with Gasteiger partial charge in [0.15, 0.2) is 5.76 Å². The maximum atomic E-state index is 13.3. The summed E-state index contributed by atoms with van der Waals surface area (Å²) in [7, 11) is 0. The van der Waals surface area contributed by atoms with Gasteiger partial charge in [0, 0.05) is 37.3 Å². The number of furan rings is 1. The quantitative estimate of drug-likeness (QED) is 0.633. The number of carbonyl (C=O) groups is 2. The van der Waals surface area contributed by atoms with Crippen molar-refractivity contribution >= 4 is 23.6 Å². The van der Waals surface area contributed by atoms with Gasteiger partial charge in [0.1, 0.15) is 11.4 Å². The maximum absolute atomic E-state index is 13.3. The summed E-state index contributed by atoms with van der Waals surface area (Å²) >= 11 is 6.15. The van der Waals surface area contributed by atoms with Crippen molar-refractivity contribution in [2.45, 2.75) is 6.92 Å². The van der Waals surface area contributed by atoms with Crippen LogP contribution in [0.1, 0.15) is 17.4 Å². The number of carbonyl (C=O) groups excluding carboxylic acids is 2. The van der Waals surface area contributed by atoms with E-state index in [9.17, 15) is 9.59 Å². The third kappa shape index (κ3) is 4.04.